The van der Waals surface area contributed by atoms with Gasteiger partial charge >= 0.3 is 0 Å². The van der Waals surface area contributed by atoms with Crippen molar-refractivity contribution in [3.63, 3.8) is 0 Å². The van der Waals surface area contributed by atoms with Gasteiger partial charge in [0, 0.05) is 11.0 Å². The Kier molecular flexibility index (Phi) is 3.34. The van der Waals surface area contributed by atoms with Crippen LogP contribution in [0.2, 0.25) is 0 Å². The molecular formula is C10H13BrN2O2S. The lowest BCUT2D eigenvalue weighted by Crippen LogP contribution is -2.40. The molecule has 1 aromatic carbocycles. The second-order valence-corrected chi connectivity index (χ2v) is 6.59. The van der Waals surface area contributed by atoms with Crippen molar-refractivity contribution in [2.24, 2.45) is 5.73 Å². The van der Waals surface area contributed by atoms with Gasteiger partial charge in [0.15, 0.2) is 0 Å². The van der Waals surface area contributed by atoms with Gasteiger partial charge in [0.05, 0.1) is 11.1 Å². The molecule has 0 saturated carbocycles. The van der Waals surface area contributed by atoms with Crippen LogP contribution in [0.1, 0.15) is 12.8 Å². The average Bonchev–Trinajstić information content (AvgIpc) is 2.65. The highest BCUT2D eigenvalue weighted by Gasteiger charge is 2.32. The minimum atomic E-state index is -3.43. The molecule has 0 amide bonds. The first kappa shape index (κ1) is 12.0. The molecule has 1 unspecified atom stereocenters. The fourth-order valence-corrected chi connectivity index (χ4v) is 4.01. The second-order valence-electron chi connectivity index (χ2n) is 3.78. The molecule has 2 rings (SSSR count). The molecule has 88 valence electrons. The monoisotopic (exact) mass is 304 g/mol. The highest BCUT2D eigenvalue weighted by molar-refractivity contribution is 9.10. The van der Waals surface area contributed by atoms with E-state index in [0.29, 0.717) is 11.4 Å². The summed E-state index contributed by atoms with van der Waals surface area (Å²) in [6, 6.07) is 6.69. The third-order valence-corrected chi connectivity index (χ3v) is 5.06. The molecule has 1 fully saturated rings. The predicted molar refractivity (Wildman–Crippen MR) is 65.2 cm³/mol. The Hall–Kier alpha value is -0.430. The molecule has 1 aliphatic rings. The Bertz CT molecular complexity index is 489. The summed E-state index contributed by atoms with van der Waals surface area (Å²) >= 11 is 3.26. The summed E-state index contributed by atoms with van der Waals surface area (Å²) in [6.45, 7) is 0.510. The zero-order valence-corrected chi connectivity index (χ0v) is 11.0. The van der Waals surface area contributed by atoms with E-state index in [1.165, 1.54) is 4.31 Å². The van der Waals surface area contributed by atoms with Crippen molar-refractivity contribution in [1.82, 2.24) is 4.31 Å². The number of hydrogen-bond acceptors (Lipinski definition) is 3. The smallest absolute Gasteiger partial charge is 0.244 e. The quantitative estimate of drug-likeness (QED) is 0.901. The van der Waals surface area contributed by atoms with Gasteiger partial charge in [0.25, 0.3) is 0 Å². The number of hydrogen-bond donors (Lipinski definition) is 1. The summed E-state index contributed by atoms with van der Waals surface area (Å²) in [5, 5.41) is 0. The number of halogens is 1. The minimum absolute atomic E-state index is 0.291. The van der Waals surface area contributed by atoms with E-state index in [2.05, 4.69) is 15.9 Å². The molecule has 1 aromatic rings. The van der Waals surface area contributed by atoms with E-state index < -0.39 is 10.0 Å². The van der Waals surface area contributed by atoms with E-state index in [-0.39, 0.29) is 6.17 Å². The number of rotatable bonds is 2. The van der Waals surface area contributed by atoms with Crippen molar-refractivity contribution < 1.29 is 8.42 Å². The summed E-state index contributed by atoms with van der Waals surface area (Å²) < 4.78 is 26.6. The molecule has 0 bridgehead atoms. The van der Waals surface area contributed by atoms with Crippen LogP contribution < -0.4 is 5.73 Å². The minimum Gasteiger partial charge on any atom is -0.315 e. The Morgan fingerprint density at radius 1 is 1.44 bits per heavy atom. The maximum absolute atomic E-state index is 12.2. The van der Waals surface area contributed by atoms with E-state index in [1.54, 1.807) is 24.3 Å². The largest absolute Gasteiger partial charge is 0.315 e. The first-order valence-electron chi connectivity index (χ1n) is 5.05. The maximum Gasteiger partial charge on any atom is 0.244 e. The van der Waals surface area contributed by atoms with E-state index in [4.69, 9.17) is 5.73 Å². The van der Waals surface area contributed by atoms with Gasteiger partial charge in [-0.15, -0.1) is 0 Å². The fraction of sp³-hybridized carbons (Fsp3) is 0.400. The second kappa shape index (κ2) is 4.44. The van der Waals surface area contributed by atoms with Crippen molar-refractivity contribution in [2.45, 2.75) is 23.9 Å². The molecule has 0 radical (unpaired) electrons. The molecule has 2 N–H and O–H groups in total. The summed E-state index contributed by atoms with van der Waals surface area (Å²) in [7, 11) is -3.43. The topological polar surface area (TPSA) is 63.4 Å². The first-order valence-corrected chi connectivity index (χ1v) is 7.28. The zero-order chi connectivity index (χ0) is 11.8. The molecule has 0 spiro atoms. The molecular weight excluding hydrogens is 292 g/mol. The van der Waals surface area contributed by atoms with Crippen LogP contribution in [0.4, 0.5) is 0 Å². The Labute approximate surface area is 104 Å². The van der Waals surface area contributed by atoms with Crippen LogP contribution in [-0.2, 0) is 10.0 Å². The van der Waals surface area contributed by atoms with E-state index in [0.717, 1.165) is 17.3 Å². The van der Waals surface area contributed by atoms with Gasteiger partial charge in [-0.2, -0.15) is 4.31 Å². The van der Waals surface area contributed by atoms with E-state index in [1.807, 2.05) is 0 Å². The normalized spacial score (nSPS) is 22.5. The highest BCUT2D eigenvalue weighted by Crippen LogP contribution is 2.25. The maximum atomic E-state index is 12.2. The van der Waals surface area contributed by atoms with Crippen molar-refractivity contribution in [3.05, 3.63) is 28.7 Å². The molecule has 1 heterocycles. The third kappa shape index (κ3) is 2.15. The Balaban J connectivity index is 2.39. The molecule has 0 aromatic heterocycles. The Morgan fingerprint density at radius 2 is 2.19 bits per heavy atom. The molecule has 0 aliphatic carbocycles. The summed E-state index contributed by atoms with van der Waals surface area (Å²) in [5.41, 5.74) is 5.78. The van der Waals surface area contributed by atoms with Crippen LogP contribution in [0, 0.1) is 0 Å². The lowest BCUT2D eigenvalue weighted by Gasteiger charge is -2.20. The highest BCUT2D eigenvalue weighted by atomic mass is 79.9. The van der Waals surface area contributed by atoms with Crippen molar-refractivity contribution in [1.29, 1.82) is 0 Å². The molecule has 1 saturated heterocycles. The van der Waals surface area contributed by atoms with Crippen LogP contribution in [0.3, 0.4) is 0 Å². The van der Waals surface area contributed by atoms with Gasteiger partial charge in [-0.3, -0.25) is 0 Å². The van der Waals surface area contributed by atoms with Crippen molar-refractivity contribution in [2.75, 3.05) is 6.54 Å². The summed E-state index contributed by atoms with van der Waals surface area (Å²) in [6.07, 6.45) is 1.17. The zero-order valence-electron chi connectivity index (χ0n) is 8.64. The molecule has 1 aliphatic heterocycles. The van der Waals surface area contributed by atoms with Gasteiger partial charge in [0.1, 0.15) is 0 Å². The third-order valence-electron chi connectivity index (χ3n) is 2.65. The standard InChI is InChI=1S/C10H13BrN2O2S/c11-8-3-1-4-9(7-8)16(14,15)13-6-2-5-10(13)12/h1,3-4,7,10H,2,5-6,12H2. The van der Waals surface area contributed by atoms with Crippen LogP contribution in [-0.4, -0.2) is 25.4 Å². The summed E-state index contributed by atoms with van der Waals surface area (Å²) in [5.74, 6) is 0. The van der Waals surface area contributed by atoms with Crippen molar-refractivity contribution >= 4 is 26.0 Å². The average molecular weight is 305 g/mol. The molecule has 6 heteroatoms. The lowest BCUT2D eigenvalue weighted by atomic mass is 10.3. The van der Waals surface area contributed by atoms with Crippen LogP contribution in [0.5, 0.6) is 0 Å². The van der Waals surface area contributed by atoms with Crippen LogP contribution in [0.25, 0.3) is 0 Å². The van der Waals surface area contributed by atoms with Gasteiger partial charge in [0.2, 0.25) is 10.0 Å². The predicted octanol–water partition coefficient (Wildman–Crippen LogP) is 1.52. The van der Waals surface area contributed by atoms with Gasteiger partial charge < -0.3 is 5.73 Å². The molecule has 1 atom stereocenters. The number of benzene rings is 1. The molecule has 16 heavy (non-hydrogen) atoms. The first-order chi connectivity index (χ1) is 7.51. The van der Waals surface area contributed by atoms with Crippen molar-refractivity contribution in [3.8, 4) is 0 Å². The SMILES string of the molecule is NC1CCCN1S(=O)(=O)c1cccc(Br)c1. The number of sulfonamides is 1. The molecule has 4 nitrogen and oxygen atoms in total. The van der Waals surface area contributed by atoms with Gasteiger partial charge in [-0.05, 0) is 31.0 Å². The number of nitrogens with two attached hydrogens (primary N) is 1. The van der Waals surface area contributed by atoms with Crippen LogP contribution >= 0.6 is 15.9 Å². The van der Waals surface area contributed by atoms with E-state index in [9.17, 15) is 8.42 Å². The fourth-order valence-electron chi connectivity index (χ4n) is 1.83. The lowest BCUT2D eigenvalue weighted by molar-refractivity contribution is 0.396. The van der Waals surface area contributed by atoms with Crippen LogP contribution in [0.15, 0.2) is 33.6 Å². The van der Waals surface area contributed by atoms with Gasteiger partial charge in [-0.25, -0.2) is 8.42 Å². The Morgan fingerprint density at radius 3 is 2.75 bits per heavy atom. The van der Waals surface area contributed by atoms with Gasteiger partial charge in [-0.1, -0.05) is 22.0 Å². The summed E-state index contributed by atoms with van der Waals surface area (Å²) in [4.78, 5) is 0.291. The van der Waals surface area contributed by atoms with E-state index >= 15 is 0 Å². The number of nitrogens with zero attached hydrogens (tertiary/aromatic N) is 1.